The van der Waals surface area contributed by atoms with Crippen LogP contribution >= 0.6 is 23.2 Å². The molecule has 1 aliphatic carbocycles. The summed E-state index contributed by atoms with van der Waals surface area (Å²) in [5.74, 6) is -0.603. The minimum Gasteiger partial charge on any atom is -0.352 e. The van der Waals surface area contributed by atoms with Crippen LogP contribution in [0.2, 0.25) is 10.0 Å². The van der Waals surface area contributed by atoms with Gasteiger partial charge >= 0.3 is 0 Å². The fourth-order valence-corrected chi connectivity index (χ4v) is 4.69. The van der Waals surface area contributed by atoms with Crippen molar-refractivity contribution in [2.24, 2.45) is 0 Å². The lowest BCUT2D eigenvalue weighted by Gasteiger charge is -2.32. The summed E-state index contributed by atoms with van der Waals surface area (Å²) in [6, 6.07) is 10.5. The van der Waals surface area contributed by atoms with E-state index in [1.165, 1.54) is 11.0 Å². The molecule has 33 heavy (non-hydrogen) atoms. The first-order chi connectivity index (χ1) is 15.8. The number of rotatable bonds is 9. The number of nitro benzene ring substituents is 1. The minimum absolute atomic E-state index is 0.0893. The highest BCUT2D eigenvalue weighted by molar-refractivity contribution is 6.35. The highest BCUT2D eigenvalue weighted by Gasteiger charge is 2.32. The number of carbonyl (C=O) groups excluding carboxylic acids is 2. The molecule has 3 rings (SSSR count). The van der Waals surface area contributed by atoms with Crippen LogP contribution in [0.3, 0.4) is 0 Å². The maximum atomic E-state index is 13.5. The minimum atomic E-state index is -0.729. The number of carbonyl (C=O) groups is 2. The smallest absolute Gasteiger partial charge is 0.273 e. The molecule has 1 saturated carbocycles. The zero-order valence-corrected chi connectivity index (χ0v) is 19.9. The maximum absolute atomic E-state index is 13.5. The summed E-state index contributed by atoms with van der Waals surface area (Å²) in [6.45, 7) is 1.93. The molecule has 0 bridgehead atoms. The number of amides is 2. The molecule has 1 aliphatic rings. The SMILES string of the molecule is CC[C@H](C(=O)NC1CCCC1)N(Cc1ccc(Cl)cc1Cl)C(=O)Cc1ccccc1[N+](=O)[O-]. The number of halogens is 2. The Bertz CT molecular complexity index is 1020. The van der Waals surface area contributed by atoms with Crippen molar-refractivity contribution >= 4 is 40.7 Å². The van der Waals surface area contributed by atoms with E-state index in [9.17, 15) is 19.7 Å². The van der Waals surface area contributed by atoms with Gasteiger partial charge in [-0.2, -0.15) is 0 Å². The molecule has 2 aromatic carbocycles. The second-order valence-electron chi connectivity index (χ2n) is 8.23. The quantitative estimate of drug-likeness (QED) is 0.379. The molecule has 0 heterocycles. The summed E-state index contributed by atoms with van der Waals surface area (Å²) < 4.78 is 0. The molecule has 0 saturated heterocycles. The van der Waals surface area contributed by atoms with Gasteiger partial charge in [0.1, 0.15) is 6.04 Å². The predicted octanol–water partition coefficient (Wildman–Crippen LogP) is 5.31. The number of hydrogen-bond donors (Lipinski definition) is 1. The van der Waals surface area contributed by atoms with Crippen molar-refractivity contribution in [3.8, 4) is 0 Å². The van der Waals surface area contributed by atoms with Gasteiger partial charge in [0.25, 0.3) is 5.69 Å². The van der Waals surface area contributed by atoms with Gasteiger partial charge in [0.2, 0.25) is 11.8 Å². The van der Waals surface area contributed by atoms with E-state index >= 15 is 0 Å². The summed E-state index contributed by atoms with van der Waals surface area (Å²) in [5, 5.41) is 15.3. The lowest BCUT2D eigenvalue weighted by atomic mass is 10.0. The number of nitro groups is 1. The van der Waals surface area contributed by atoms with Gasteiger partial charge in [0.05, 0.1) is 11.3 Å². The molecule has 0 spiro atoms. The molecule has 1 N–H and O–H groups in total. The van der Waals surface area contributed by atoms with Crippen molar-refractivity contribution < 1.29 is 14.5 Å². The van der Waals surface area contributed by atoms with E-state index < -0.39 is 11.0 Å². The van der Waals surface area contributed by atoms with Gasteiger partial charge < -0.3 is 10.2 Å². The third-order valence-corrected chi connectivity index (χ3v) is 6.56. The van der Waals surface area contributed by atoms with Crippen LogP contribution in [-0.2, 0) is 22.6 Å². The Morgan fingerprint density at radius 3 is 2.48 bits per heavy atom. The third-order valence-electron chi connectivity index (χ3n) is 5.97. The van der Waals surface area contributed by atoms with Gasteiger partial charge in [-0.3, -0.25) is 19.7 Å². The number of benzene rings is 2. The topological polar surface area (TPSA) is 92.6 Å². The van der Waals surface area contributed by atoms with E-state index in [0.29, 0.717) is 27.6 Å². The van der Waals surface area contributed by atoms with Gasteiger partial charge in [-0.1, -0.05) is 67.2 Å². The number of nitrogens with one attached hydrogen (secondary N) is 1. The third kappa shape index (κ3) is 6.45. The van der Waals surface area contributed by atoms with Crippen LogP contribution in [0.5, 0.6) is 0 Å². The molecule has 1 fully saturated rings. The Morgan fingerprint density at radius 2 is 1.85 bits per heavy atom. The van der Waals surface area contributed by atoms with Gasteiger partial charge in [0, 0.05) is 34.3 Å². The van der Waals surface area contributed by atoms with E-state index in [1.54, 1.807) is 36.4 Å². The maximum Gasteiger partial charge on any atom is 0.273 e. The molecular weight excluding hydrogens is 465 g/mol. The zero-order valence-electron chi connectivity index (χ0n) is 18.4. The molecule has 0 radical (unpaired) electrons. The lowest BCUT2D eigenvalue weighted by molar-refractivity contribution is -0.385. The van der Waals surface area contributed by atoms with Crippen LogP contribution in [0.25, 0.3) is 0 Å². The van der Waals surface area contributed by atoms with Crippen LogP contribution in [0.15, 0.2) is 42.5 Å². The van der Waals surface area contributed by atoms with E-state index in [2.05, 4.69) is 5.32 Å². The molecule has 176 valence electrons. The number of nitrogens with zero attached hydrogens (tertiary/aromatic N) is 2. The highest BCUT2D eigenvalue weighted by atomic mass is 35.5. The van der Waals surface area contributed by atoms with Crippen LogP contribution in [0.4, 0.5) is 5.69 Å². The van der Waals surface area contributed by atoms with E-state index in [1.807, 2.05) is 6.92 Å². The number of hydrogen-bond acceptors (Lipinski definition) is 4. The van der Waals surface area contributed by atoms with Crippen LogP contribution in [-0.4, -0.2) is 33.7 Å². The standard InChI is InChI=1S/C24H27Cl2N3O4/c1-2-21(24(31)27-19-8-4-5-9-19)28(15-17-11-12-18(25)14-20(17)26)23(30)13-16-7-3-6-10-22(16)29(32)33/h3,6-7,10-12,14,19,21H,2,4-5,8-9,13,15H2,1H3,(H,27,31)/t21-/m1/s1. The first-order valence-electron chi connectivity index (χ1n) is 11.1. The van der Waals surface area contributed by atoms with Crippen molar-refractivity contribution in [1.82, 2.24) is 10.2 Å². The van der Waals surface area contributed by atoms with Crippen LogP contribution in [0.1, 0.15) is 50.2 Å². The van der Waals surface area contributed by atoms with Crippen LogP contribution in [0, 0.1) is 10.1 Å². The average molecular weight is 492 g/mol. The molecule has 0 unspecified atom stereocenters. The highest BCUT2D eigenvalue weighted by Crippen LogP contribution is 2.26. The Morgan fingerprint density at radius 1 is 1.15 bits per heavy atom. The molecule has 2 amide bonds. The van der Waals surface area contributed by atoms with Gasteiger partial charge in [0.15, 0.2) is 0 Å². The Hall–Kier alpha value is -2.64. The zero-order chi connectivity index (χ0) is 24.0. The fraction of sp³-hybridized carbons (Fsp3) is 0.417. The largest absolute Gasteiger partial charge is 0.352 e. The van der Waals surface area contributed by atoms with Crippen molar-refractivity contribution in [1.29, 1.82) is 0 Å². The molecule has 7 nitrogen and oxygen atoms in total. The summed E-state index contributed by atoms with van der Waals surface area (Å²) >= 11 is 12.4. The van der Waals surface area contributed by atoms with Gasteiger partial charge in [-0.15, -0.1) is 0 Å². The Balaban J connectivity index is 1.90. The van der Waals surface area contributed by atoms with E-state index in [-0.39, 0.29) is 36.5 Å². The Kier molecular flexibility index (Phi) is 8.69. The first kappa shape index (κ1) is 25.0. The second-order valence-corrected chi connectivity index (χ2v) is 9.08. The average Bonchev–Trinajstić information content (AvgIpc) is 3.28. The lowest BCUT2D eigenvalue weighted by Crippen LogP contribution is -2.51. The Labute approximate surface area is 203 Å². The summed E-state index contributed by atoms with van der Waals surface area (Å²) in [5.41, 5.74) is 0.814. The van der Waals surface area contributed by atoms with Gasteiger partial charge in [-0.25, -0.2) is 0 Å². The fourth-order valence-electron chi connectivity index (χ4n) is 4.22. The first-order valence-corrected chi connectivity index (χ1v) is 11.8. The van der Waals surface area contributed by atoms with Crippen LogP contribution < -0.4 is 5.32 Å². The second kappa shape index (κ2) is 11.5. The molecule has 2 aromatic rings. The monoisotopic (exact) mass is 491 g/mol. The molecule has 0 aromatic heterocycles. The predicted molar refractivity (Wildman–Crippen MR) is 128 cm³/mol. The van der Waals surface area contributed by atoms with Crippen molar-refractivity contribution in [3.63, 3.8) is 0 Å². The molecule has 9 heteroatoms. The summed E-state index contributed by atoms with van der Waals surface area (Å²) in [6.07, 6.45) is 4.19. The summed E-state index contributed by atoms with van der Waals surface area (Å²) in [4.78, 5) is 39.0. The normalized spacial score (nSPS) is 14.6. The molecule has 0 aliphatic heterocycles. The number of para-hydroxylation sites is 1. The van der Waals surface area contributed by atoms with Crippen molar-refractivity contribution in [3.05, 3.63) is 73.8 Å². The van der Waals surface area contributed by atoms with Gasteiger partial charge in [-0.05, 0) is 37.0 Å². The van der Waals surface area contributed by atoms with Crippen molar-refractivity contribution in [2.45, 2.75) is 64.1 Å². The van der Waals surface area contributed by atoms with E-state index in [4.69, 9.17) is 23.2 Å². The molecule has 1 atom stereocenters. The summed E-state index contributed by atoms with van der Waals surface area (Å²) in [7, 11) is 0. The van der Waals surface area contributed by atoms with E-state index in [0.717, 1.165) is 25.7 Å². The molecular formula is C24H27Cl2N3O4. The van der Waals surface area contributed by atoms with Crippen molar-refractivity contribution in [2.75, 3.05) is 0 Å².